The lowest BCUT2D eigenvalue weighted by Gasteiger charge is -2.15. The molecule has 2 aromatic heterocycles. The van der Waals surface area contributed by atoms with Gasteiger partial charge in [0.15, 0.2) is 0 Å². The maximum Gasteiger partial charge on any atom is 0.272 e. The minimum Gasteiger partial charge on any atom is -0.489 e. The number of halogens is 1. The number of H-pyrrole nitrogens is 1. The van der Waals surface area contributed by atoms with Gasteiger partial charge >= 0.3 is 0 Å². The van der Waals surface area contributed by atoms with Crippen LogP contribution >= 0.6 is 22.9 Å². The van der Waals surface area contributed by atoms with Crippen LogP contribution in [0.3, 0.4) is 0 Å². The van der Waals surface area contributed by atoms with E-state index in [1.54, 1.807) is 29.5 Å². The van der Waals surface area contributed by atoms with Crippen LogP contribution in [0.1, 0.15) is 23.3 Å². The van der Waals surface area contributed by atoms with Gasteiger partial charge in [0, 0.05) is 11.6 Å². The average Bonchev–Trinajstić information content (AvgIpc) is 3.31. The highest BCUT2D eigenvalue weighted by Gasteiger charge is 2.18. The third-order valence-corrected chi connectivity index (χ3v) is 5.22. The molecule has 130 valence electrons. The van der Waals surface area contributed by atoms with Crippen molar-refractivity contribution in [2.45, 2.75) is 18.9 Å². The third kappa shape index (κ3) is 3.66. The summed E-state index contributed by atoms with van der Waals surface area (Å²) in [5.41, 5.74) is 2.01. The number of rotatable bonds is 5. The molecular weight excluding hydrogens is 360 g/mol. The van der Waals surface area contributed by atoms with E-state index in [1.165, 1.54) is 0 Å². The average molecular weight is 377 g/mol. The van der Waals surface area contributed by atoms with E-state index < -0.39 is 0 Å². The van der Waals surface area contributed by atoms with Gasteiger partial charge in [-0.25, -0.2) is 0 Å². The van der Waals surface area contributed by atoms with Gasteiger partial charge < -0.3 is 19.8 Å². The Bertz CT molecular complexity index is 870. The number of carbonyl (C=O) groups excluding carboxylic acids is 1. The van der Waals surface area contributed by atoms with E-state index in [1.807, 2.05) is 17.5 Å². The lowest BCUT2D eigenvalue weighted by atomic mass is 10.2. The number of aromatic amines is 1. The molecule has 0 saturated carbocycles. The SMILES string of the molecule is O=C(Nc1cc(Cl)ccc1OCC1CCCO1)c1cc2sccc2[nH]1. The molecule has 1 aliphatic rings. The quantitative estimate of drug-likeness (QED) is 0.678. The smallest absolute Gasteiger partial charge is 0.272 e. The standard InChI is InChI=1S/C18H17ClN2O3S/c19-11-3-4-16(24-10-12-2-1-6-23-12)14(8-11)21-18(22)15-9-17-13(20-15)5-7-25-17/h3-5,7-9,12,20H,1-2,6,10H2,(H,21,22). The van der Waals surface area contributed by atoms with Crippen molar-refractivity contribution in [3.63, 3.8) is 0 Å². The molecule has 3 heterocycles. The zero-order valence-electron chi connectivity index (χ0n) is 13.4. The molecule has 7 heteroatoms. The first kappa shape index (κ1) is 16.4. The maximum absolute atomic E-state index is 12.5. The van der Waals surface area contributed by atoms with Crippen molar-refractivity contribution in [3.05, 3.63) is 46.4 Å². The summed E-state index contributed by atoms with van der Waals surface area (Å²) in [6.07, 6.45) is 2.16. The number of anilines is 1. The Balaban J connectivity index is 1.50. The molecule has 25 heavy (non-hydrogen) atoms. The number of benzene rings is 1. The monoisotopic (exact) mass is 376 g/mol. The molecule has 0 bridgehead atoms. The second-order valence-corrected chi connectivity index (χ2v) is 7.31. The van der Waals surface area contributed by atoms with Crippen LogP contribution in [0.5, 0.6) is 5.75 Å². The van der Waals surface area contributed by atoms with Crippen LogP contribution in [0.25, 0.3) is 10.2 Å². The molecule has 5 nitrogen and oxygen atoms in total. The number of hydrogen-bond acceptors (Lipinski definition) is 4. The Hall–Kier alpha value is -2.02. The highest BCUT2D eigenvalue weighted by atomic mass is 35.5. The second-order valence-electron chi connectivity index (χ2n) is 5.92. The molecule has 1 aromatic carbocycles. The summed E-state index contributed by atoms with van der Waals surface area (Å²) in [6, 6.07) is 8.99. The number of ether oxygens (including phenoxy) is 2. The van der Waals surface area contributed by atoms with E-state index in [9.17, 15) is 4.79 Å². The molecule has 0 radical (unpaired) electrons. The van der Waals surface area contributed by atoms with Crippen molar-refractivity contribution in [2.75, 3.05) is 18.5 Å². The predicted molar refractivity (Wildman–Crippen MR) is 100 cm³/mol. The molecular formula is C18H17ClN2O3S. The summed E-state index contributed by atoms with van der Waals surface area (Å²) < 4.78 is 12.5. The summed E-state index contributed by atoms with van der Waals surface area (Å²) in [5.74, 6) is 0.356. The molecule has 1 fully saturated rings. The lowest BCUT2D eigenvalue weighted by Crippen LogP contribution is -2.18. The molecule has 3 aromatic rings. The Morgan fingerprint density at radius 3 is 3.12 bits per heavy atom. The summed E-state index contributed by atoms with van der Waals surface area (Å²) in [4.78, 5) is 15.7. The van der Waals surface area contributed by atoms with Crippen molar-refractivity contribution >= 4 is 44.7 Å². The Morgan fingerprint density at radius 2 is 2.32 bits per heavy atom. The molecule has 0 aliphatic carbocycles. The van der Waals surface area contributed by atoms with Gasteiger partial charge in [-0.15, -0.1) is 11.3 Å². The van der Waals surface area contributed by atoms with Crippen LogP contribution in [0, 0.1) is 0 Å². The zero-order valence-corrected chi connectivity index (χ0v) is 15.0. The first-order valence-corrected chi connectivity index (χ1v) is 9.36. The van der Waals surface area contributed by atoms with Gasteiger partial charge in [-0.3, -0.25) is 4.79 Å². The van der Waals surface area contributed by atoms with E-state index in [0.717, 1.165) is 29.7 Å². The molecule has 1 amide bonds. The molecule has 1 aliphatic heterocycles. The van der Waals surface area contributed by atoms with Gasteiger partial charge in [0.25, 0.3) is 5.91 Å². The predicted octanol–water partition coefficient (Wildman–Crippen LogP) is 4.69. The van der Waals surface area contributed by atoms with Crippen LogP contribution in [-0.4, -0.2) is 30.2 Å². The Morgan fingerprint density at radius 1 is 1.40 bits per heavy atom. The highest BCUT2D eigenvalue weighted by Crippen LogP contribution is 2.30. The molecule has 1 unspecified atom stereocenters. The van der Waals surface area contributed by atoms with E-state index in [-0.39, 0.29) is 12.0 Å². The van der Waals surface area contributed by atoms with Crippen molar-refractivity contribution in [1.82, 2.24) is 4.98 Å². The van der Waals surface area contributed by atoms with E-state index in [0.29, 0.717) is 28.8 Å². The van der Waals surface area contributed by atoms with E-state index >= 15 is 0 Å². The van der Waals surface area contributed by atoms with Crippen molar-refractivity contribution in [2.24, 2.45) is 0 Å². The number of nitrogens with one attached hydrogen (secondary N) is 2. The van der Waals surface area contributed by atoms with Gasteiger partial charge in [-0.1, -0.05) is 11.6 Å². The summed E-state index contributed by atoms with van der Waals surface area (Å²) in [7, 11) is 0. The first-order chi connectivity index (χ1) is 12.2. The van der Waals surface area contributed by atoms with Crippen molar-refractivity contribution < 1.29 is 14.3 Å². The molecule has 1 atom stereocenters. The molecule has 1 saturated heterocycles. The molecule has 0 spiro atoms. The zero-order chi connectivity index (χ0) is 17.2. The number of aromatic nitrogens is 1. The summed E-state index contributed by atoms with van der Waals surface area (Å²) in [6.45, 7) is 1.24. The first-order valence-electron chi connectivity index (χ1n) is 8.10. The topological polar surface area (TPSA) is 63.4 Å². The van der Waals surface area contributed by atoms with Gasteiger partial charge in [-0.05, 0) is 48.6 Å². The summed E-state index contributed by atoms with van der Waals surface area (Å²) >= 11 is 7.67. The van der Waals surface area contributed by atoms with Crippen LogP contribution in [0.4, 0.5) is 5.69 Å². The lowest BCUT2D eigenvalue weighted by molar-refractivity contribution is 0.0682. The van der Waals surface area contributed by atoms with Gasteiger partial charge in [-0.2, -0.15) is 0 Å². The van der Waals surface area contributed by atoms with Crippen LogP contribution in [0.15, 0.2) is 35.7 Å². The Labute approximate surface area is 153 Å². The number of hydrogen-bond donors (Lipinski definition) is 2. The molecule has 2 N–H and O–H groups in total. The van der Waals surface area contributed by atoms with Crippen molar-refractivity contribution in [3.8, 4) is 5.75 Å². The van der Waals surface area contributed by atoms with E-state index in [2.05, 4.69) is 10.3 Å². The second kappa shape index (κ2) is 7.07. The number of amides is 1. The summed E-state index contributed by atoms with van der Waals surface area (Å²) in [5, 5.41) is 5.40. The molecule has 4 rings (SSSR count). The highest BCUT2D eigenvalue weighted by molar-refractivity contribution is 7.17. The third-order valence-electron chi connectivity index (χ3n) is 4.12. The number of carbonyl (C=O) groups is 1. The minimum absolute atomic E-state index is 0.106. The van der Waals surface area contributed by atoms with Gasteiger partial charge in [0.2, 0.25) is 0 Å². The van der Waals surface area contributed by atoms with Gasteiger partial charge in [0.05, 0.1) is 22.0 Å². The Kier molecular flexibility index (Phi) is 4.65. The van der Waals surface area contributed by atoms with E-state index in [4.69, 9.17) is 21.1 Å². The number of fused-ring (bicyclic) bond motifs is 1. The minimum atomic E-state index is -0.229. The van der Waals surface area contributed by atoms with Crippen LogP contribution < -0.4 is 10.1 Å². The number of thiophene rings is 1. The van der Waals surface area contributed by atoms with Crippen molar-refractivity contribution in [1.29, 1.82) is 0 Å². The maximum atomic E-state index is 12.5. The fourth-order valence-electron chi connectivity index (χ4n) is 2.84. The fraction of sp³-hybridized carbons (Fsp3) is 0.278. The largest absolute Gasteiger partial charge is 0.489 e. The van der Waals surface area contributed by atoms with Crippen LogP contribution in [0.2, 0.25) is 5.02 Å². The van der Waals surface area contributed by atoms with Gasteiger partial charge in [0.1, 0.15) is 18.1 Å². The van der Waals surface area contributed by atoms with Crippen LogP contribution in [-0.2, 0) is 4.74 Å². The fourth-order valence-corrected chi connectivity index (χ4v) is 3.80. The normalized spacial score (nSPS) is 17.1.